The number of ether oxygens (including phenoxy) is 2. The van der Waals surface area contributed by atoms with Crippen LogP contribution in [0.1, 0.15) is 36.9 Å². The fraction of sp³-hybridized carbons (Fsp3) is 0.455. The van der Waals surface area contributed by atoms with Gasteiger partial charge in [-0.3, -0.25) is 0 Å². The SMILES string of the molecule is CC(N[C@@H]1C[C@H](OCCOCc2ccccc2)[C@@H](O)C1)c1ccccc1. The second kappa shape index (κ2) is 9.83. The predicted octanol–water partition coefficient (Wildman–Crippen LogP) is 3.46. The average Bonchev–Trinajstić information content (AvgIpc) is 3.02. The van der Waals surface area contributed by atoms with E-state index in [9.17, 15) is 5.11 Å². The zero-order valence-electron chi connectivity index (χ0n) is 15.4. The number of benzene rings is 2. The molecule has 0 radical (unpaired) electrons. The average molecular weight is 355 g/mol. The van der Waals surface area contributed by atoms with Crippen molar-refractivity contribution in [2.45, 2.75) is 50.7 Å². The monoisotopic (exact) mass is 355 g/mol. The van der Waals surface area contributed by atoms with Crippen molar-refractivity contribution >= 4 is 0 Å². The molecule has 0 heterocycles. The van der Waals surface area contributed by atoms with Crippen molar-refractivity contribution in [2.75, 3.05) is 13.2 Å². The molecule has 4 nitrogen and oxygen atoms in total. The smallest absolute Gasteiger partial charge is 0.0850 e. The molecule has 0 aromatic heterocycles. The van der Waals surface area contributed by atoms with E-state index in [4.69, 9.17) is 9.47 Å². The van der Waals surface area contributed by atoms with E-state index >= 15 is 0 Å². The highest BCUT2D eigenvalue weighted by Crippen LogP contribution is 2.25. The molecule has 26 heavy (non-hydrogen) atoms. The van der Waals surface area contributed by atoms with Crippen molar-refractivity contribution in [2.24, 2.45) is 0 Å². The third-order valence-corrected chi connectivity index (χ3v) is 4.93. The lowest BCUT2D eigenvalue weighted by Crippen LogP contribution is -2.30. The molecule has 2 aromatic carbocycles. The lowest BCUT2D eigenvalue weighted by Gasteiger charge is -2.20. The highest BCUT2D eigenvalue weighted by Gasteiger charge is 2.34. The maximum absolute atomic E-state index is 10.3. The summed E-state index contributed by atoms with van der Waals surface area (Å²) in [6.45, 7) is 3.80. The van der Waals surface area contributed by atoms with Gasteiger partial charge in [-0.1, -0.05) is 60.7 Å². The Morgan fingerprint density at radius 1 is 1.00 bits per heavy atom. The zero-order valence-corrected chi connectivity index (χ0v) is 15.4. The summed E-state index contributed by atoms with van der Waals surface area (Å²) in [5, 5.41) is 13.9. The van der Waals surface area contributed by atoms with E-state index in [1.54, 1.807) is 0 Å². The van der Waals surface area contributed by atoms with E-state index in [2.05, 4.69) is 36.5 Å². The third kappa shape index (κ3) is 5.64. The fourth-order valence-corrected chi connectivity index (χ4v) is 3.51. The molecule has 4 heteroatoms. The molecule has 0 amide bonds. The summed E-state index contributed by atoms with van der Waals surface area (Å²) >= 11 is 0. The molecule has 0 saturated heterocycles. The standard InChI is InChI=1S/C22H29NO3/c1-17(19-10-6-3-7-11-19)23-20-14-21(24)22(15-20)26-13-12-25-16-18-8-4-2-5-9-18/h2-11,17,20-24H,12-16H2,1H3/t17?,20-,21-,22-/m0/s1. The molecule has 1 saturated carbocycles. The molecule has 1 aliphatic carbocycles. The molecule has 0 bridgehead atoms. The molecule has 1 unspecified atom stereocenters. The molecular weight excluding hydrogens is 326 g/mol. The minimum atomic E-state index is -0.412. The van der Waals surface area contributed by atoms with Crippen molar-refractivity contribution in [3.05, 3.63) is 71.8 Å². The van der Waals surface area contributed by atoms with Gasteiger partial charge in [0, 0.05) is 12.1 Å². The van der Waals surface area contributed by atoms with Crippen LogP contribution in [0.5, 0.6) is 0 Å². The van der Waals surface area contributed by atoms with Crippen LogP contribution in [0.4, 0.5) is 0 Å². The van der Waals surface area contributed by atoms with Crippen LogP contribution in [0, 0.1) is 0 Å². The largest absolute Gasteiger partial charge is 0.390 e. The lowest BCUT2D eigenvalue weighted by atomic mass is 10.1. The molecule has 140 valence electrons. The molecule has 2 N–H and O–H groups in total. The maximum atomic E-state index is 10.3. The number of rotatable bonds is 9. The summed E-state index contributed by atoms with van der Waals surface area (Å²) < 4.78 is 11.5. The zero-order chi connectivity index (χ0) is 18.2. The molecule has 0 spiro atoms. The first-order valence-corrected chi connectivity index (χ1v) is 9.44. The summed E-state index contributed by atoms with van der Waals surface area (Å²) in [4.78, 5) is 0. The van der Waals surface area contributed by atoms with Crippen LogP contribution in [-0.2, 0) is 16.1 Å². The second-order valence-corrected chi connectivity index (χ2v) is 6.98. The molecule has 1 aliphatic rings. The minimum absolute atomic E-state index is 0.115. The molecule has 2 aromatic rings. The van der Waals surface area contributed by atoms with Gasteiger partial charge in [-0.15, -0.1) is 0 Å². The van der Waals surface area contributed by atoms with E-state index in [1.807, 2.05) is 36.4 Å². The number of nitrogens with one attached hydrogen (secondary N) is 1. The highest BCUT2D eigenvalue weighted by molar-refractivity contribution is 5.18. The van der Waals surface area contributed by atoms with Gasteiger partial charge < -0.3 is 19.9 Å². The summed E-state index contributed by atoms with van der Waals surface area (Å²) in [6.07, 6.45) is 1.03. The van der Waals surface area contributed by atoms with Crippen LogP contribution in [0.3, 0.4) is 0 Å². The molecule has 1 fully saturated rings. The third-order valence-electron chi connectivity index (χ3n) is 4.93. The highest BCUT2D eigenvalue weighted by atomic mass is 16.5. The minimum Gasteiger partial charge on any atom is -0.390 e. The Morgan fingerprint density at radius 3 is 2.42 bits per heavy atom. The van der Waals surface area contributed by atoms with Gasteiger partial charge in [-0.25, -0.2) is 0 Å². The van der Waals surface area contributed by atoms with Crippen molar-refractivity contribution in [1.29, 1.82) is 0 Å². The van der Waals surface area contributed by atoms with Gasteiger partial charge in [-0.2, -0.15) is 0 Å². The van der Waals surface area contributed by atoms with Gasteiger partial charge in [0.2, 0.25) is 0 Å². The van der Waals surface area contributed by atoms with Crippen LogP contribution in [0.25, 0.3) is 0 Å². The molecule has 3 rings (SSSR count). The molecule has 0 aliphatic heterocycles. The van der Waals surface area contributed by atoms with Crippen LogP contribution >= 0.6 is 0 Å². The van der Waals surface area contributed by atoms with Gasteiger partial charge in [0.1, 0.15) is 0 Å². The van der Waals surface area contributed by atoms with Crippen LogP contribution < -0.4 is 5.32 Å². The first-order valence-electron chi connectivity index (χ1n) is 9.44. The van der Waals surface area contributed by atoms with Gasteiger partial charge in [0.15, 0.2) is 0 Å². The normalized spacial score (nSPS) is 23.8. The molecular formula is C22H29NO3. The van der Waals surface area contributed by atoms with E-state index in [-0.39, 0.29) is 18.2 Å². The Balaban J connectivity index is 1.34. The second-order valence-electron chi connectivity index (χ2n) is 6.98. The first-order chi connectivity index (χ1) is 12.7. The number of hydrogen-bond acceptors (Lipinski definition) is 4. The van der Waals surface area contributed by atoms with Gasteiger partial charge in [0.05, 0.1) is 32.0 Å². The van der Waals surface area contributed by atoms with Crippen LogP contribution in [0.2, 0.25) is 0 Å². The summed E-state index contributed by atoms with van der Waals surface area (Å²) in [7, 11) is 0. The first kappa shape index (κ1) is 19.1. The van der Waals surface area contributed by atoms with Crippen molar-refractivity contribution in [3.8, 4) is 0 Å². The Kier molecular flexibility index (Phi) is 7.21. The van der Waals surface area contributed by atoms with E-state index in [0.29, 0.717) is 19.8 Å². The Labute approximate surface area is 156 Å². The maximum Gasteiger partial charge on any atom is 0.0850 e. The Hall–Kier alpha value is -1.72. The van der Waals surface area contributed by atoms with E-state index < -0.39 is 6.10 Å². The topological polar surface area (TPSA) is 50.7 Å². The number of hydrogen-bond donors (Lipinski definition) is 2. The van der Waals surface area contributed by atoms with Gasteiger partial charge in [0.25, 0.3) is 0 Å². The van der Waals surface area contributed by atoms with Gasteiger partial charge >= 0.3 is 0 Å². The predicted molar refractivity (Wildman–Crippen MR) is 103 cm³/mol. The number of aliphatic hydroxyl groups is 1. The fourth-order valence-electron chi connectivity index (χ4n) is 3.51. The quantitative estimate of drug-likeness (QED) is 0.677. The molecule has 4 atom stereocenters. The Morgan fingerprint density at radius 2 is 1.69 bits per heavy atom. The summed E-state index contributed by atoms with van der Waals surface area (Å²) in [5.41, 5.74) is 2.42. The van der Waals surface area contributed by atoms with Crippen molar-refractivity contribution in [3.63, 3.8) is 0 Å². The Bertz CT molecular complexity index is 634. The van der Waals surface area contributed by atoms with E-state index in [1.165, 1.54) is 5.56 Å². The summed E-state index contributed by atoms with van der Waals surface area (Å²) in [5.74, 6) is 0. The van der Waals surface area contributed by atoms with Crippen LogP contribution in [-0.4, -0.2) is 36.6 Å². The lowest BCUT2D eigenvalue weighted by molar-refractivity contribution is -0.0433. The number of aliphatic hydroxyl groups excluding tert-OH is 1. The summed E-state index contributed by atoms with van der Waals surface area (Å²) in [6, 6.07) is 21.0. The van der Waals surface area contributed by atoms with Crippen molar-refractivity contribution in [1.82, 2.24) is 5.32 Å². The van der Waals surface area contributed by atoms with E-state index in [0.717, 1.165) is 18.4 Å². The van der Waals surface area contributed by atoms with Crippen molar-refractivity contribution < 1.29 is 14.6 Å². The van der Waals surface area contributed by atoms with Crippen LogP contribution in [0.15, 0.2) is 60.7 Å². The van der Waals surface area contributed by atoms with Gasteiger partial charge in [-0.05, 0) is 30.9 Å².